The molecular formula is C36H40FN7O2. The zero-order chi connectivity index (χ0) is 31.8. The third kappa shape index (κ3) is 6.01. The highest BCUT2D eigenvalue weighted by molar-refractivity contribution is 6.00. The number of H-pyrrole nitrogens is 1. The lowest BCUT2D eigenvalue weighted by Gasteiger charge is -2.33. The van der Waals surface area contributed by atoms with Gasteiger partial charge in [-0.3, -0.25) is 14.7 Å². The van der Waals surface area contributed by atoms with Crippen molar-refractivity contribution < 1.29 is 14.0 Å². The zero-order valence-electron chi connectivity index (χ0n) is 26.3. The average Bonchev–Trinajstić information content (AvgIpc) is 3.76. The van der Waals surface area contributed by atoms with Gasteiger partial charge in [-0.15, -0.1) is 0 Å². The maximum atomic E-state index is 15.0. The third-order valence-corrected chi connectivity index (χ3v) is 9.66. The summed E-state index contributed by atoms with van der Waals surface area (Å²) in [6, 6.07) is 17.2. The fourth-order valence-corrected chi connectivity index (χ4v) is 6.90. The second-order valence-electron chi connectivity index (χ2n) is 12.8. The van der Waals surface area contributed by atoms with Crippen LogP contribution in [0.25, 0.3) is 22.3 Å². The Labute approximate surface area is 268 Å². The van der Waals surface area contributed by atoms with Crippen LogP contribution in [0.4, 0.5) is 15.9 Å². The lowest BCUT2D eigenvalue weighted by atomic mass is 9.77. The van der Waals surface area contributed by atoms with Gasteiger partial charge in [-0.2, -0.15) is 5.10 Å². The molecule has 2 aromatic heterocycles. The summed E-state index contributed by atoms with van der Waals surface area (Å²) in [7, 11) is 0. The molecule has 4 aromatic rings. The van der Waals surface area contributed by atoms with E-state index in [0.717, 1.165) is 89.6 Å². The molecule has 1 unspecified atom stereocenters. The van der Waals surface area contributed by atoms with Crippen LogP contribution in [0.5, 0.6) is 0 Å². The number of amides is 2. The molecule has 2 aromatic carbocycles. The van der Waals surface area contributed by atoms with Crippen molar-refractivity contribution >= 4 is 23.3 Å². The van der Waals surface area contributed by atoms with Gasteiger partial charge in [-0.05, 0) is 98.0 Å². The van der Waals surface area contributed by atoms with Crippen molar-refractivity contribution in [2.24, 2.45) is 0 Å². The van der Waals surface area contributed by atoms with Gasteiger partial charge < -0.3 is 20.9 Å². The number of hydrogen-bond donors (Lipinski definition) is 4. The molecule has 0 radical (unpaired) electrons. The van der Waals surface area contributed by atoms with Crippen LogP contribution < -0.4 is 20.9 Å². The minimum atomic E-state index is -1.89. The maximum Gasteiger partial charge on any atom is 0.258 e. The van der Waals surface area contributed by atoms with Crippen LogP contribution in [-0.2, 0) is 16.0 Å². The summed E-state index contributed by atoms with van der Waals surface area (Å²) < 4.78 is 15.0. The highest BCUT2D eigenvalue weighted by Gasteiger charge is 2.52. The van der Waals surface area contributed by atoms with Gasteiger partial charge in [0.1, 0.15) is 11.9 Å². The summed E-state index contributed by atoms with van der Waals surface area (Å²) in [6.07, 6.45) is 4.68. The quantitative estimate of drug-likeness (QED) is 0.215. The molecule has 0 spiro atoms. The standard InChI is InChI=1S/C36H40FN7O2/c1-22-32(23(2)43-42-22)25-8-10-28(11-9-25)40-34(45)33(41-35(46)36(37)13-14-36)29-5-3-4-24-6-7-26(20-30(24)29)27-12-15-39-31(21-27)44-18-16-38-17-19-44/h6-12,15,20-21,29,33,38H,3-5,13-14,16-19H2,1-2H3,(H,40,45)(H,41,46)(H,42,43)/t29-,33?/m1/s1. The molecule has 2 aliphatic carbocycles. The summed E-state index contributed by atoms with van der Waals surface area (Å²) in [5, 5.41) is 16.6. The summed E-state index contributed by atoms with van der Waals surface area (Å²) in [5.74, 6) is -0.416. The molecule has 46 heavy (non-hydrogen) atoms. The number of pyridine rings is 1. The van der Waals surface area contributed by atoms with E-state index in [0.29, 0.717) is 12.1 Å². The van der Waals surface area contributed by atoms with E-state index in [1.807, 2.05) is 50.4 Å². The molecule has 238 valence electrons. The Balaban J connectivity index is 1.18. The van der Waals surface area contributed by atoms with Gasteiger partial charge in [0, 0.05) is 55.2 Å². The van der Waals surface area contributed by atoms with Crippen LogP contribution in [-0.4, -0.2) is 64.9 Å². The van der Waals surface area contributed by atoms with Gasteiger partial charge in [0.25, 0.3) is 5.91 Å². The van der Waals surface area contributed by atoms with E-state index in [4.69, 9.17) is 0 Å². The molecule has 2 fully saturated rings. The Bertz CT molecular complexity index is 1740. The molecule has 1 saturated heterocycles. The van der Waals surface area contributed by atoms with E-state index in [-0.39, 0.29) is 24.7 Å². The molecule has 4 N–H and O–H groups in total. The second-order valence-corrected chi connectivity index (χ2v) is 12.8. The topological polar surface area (TPSA) is 115 Å². The molecule has 1 saturated carbocycles. The smallest absolute Gasteiger partial charge is 0.258 e. The van der Waals surface area contributed by atoms with Gasteiger partial charge in [-0.1, -0.05) is 30.3 Å². The summed E-state index contributed by atoms with van der Waals surface area (Å²) >= 11 is 0. The zero-order valence-corrected chi connectivity index (χ0v) is 26.3. The van der Waals surface area contributed by atoms with Crippen molar-refractivity contribution in [3.8, 4) is 22.3 Å². The van der Waals surface area contributed by atoms with E-state index >= 15 is 0 Å². The minimum Gasteiger partial charge on any atom is -0.354 e. The maximum absolute atomic E-state index is 15.0. The number of anilines is 2. The normalized spacial score (nSPS) is 19.2. The monoisotopic (exact) mass is 621 g/mol. The third-order valence-electron chi connectivity index (χ3n) is 9.66. The lowest BCUT2D eigenvalue weighted by molar-refractivity contribution is -0.131. The number of aromatic nitrogens is 3. The van der Waals surface area contributed by atoms with Gasteiger partial charge in [0.2, 0.25) is 5.91 Å². The number of aromatic amines is 1. The SMILES string of the molecule is Cc1n[nH]c(C)c1-c1ccc(NC(=O)C(NC(=O)C2(F)CC2)[C@@H]2CCCc3ccc(-c4ccnc(N5CCNCC5)c4)cc32)cc1. The number of carbonyl (C=O) groups excluding carboxylic acids is 2. The van der Waals surface area contributed by atoms with Crippen LogP contribution >= 0.6 is 0 Å². The Morgan fingerprint density at radius 3 is 2.46 bits per heavy atom. The number of alkyl halides is 1. The lowest BCUT2D eigenvalue weighted by Crippen LogP contribution is -2.51. The van der Waals surface area contributed by atoms with E-state index in [1.54, 1.807) is 0 Å². The van der Waals surface area contributed by atoms with Crippen LogP contribution in [0.15, 0.2) is 60.8 Å². The molecule has 9 nitrogen and oxygen atoms in total. The number of nitrogens with zero attached hydrogens (tertiary/aromatic N) is 3. The predicted octanol–water partition coefficient (Wildman–Crippen LogP) is 5.21. The van der Waals surface area contributed by atoms with Crippen molar-refractivity contribution in [2.75, 3.05) is 36.4 Å². The summed E-state index contributed by atoms with van der Waals surface area (Å²) in [5.41, 5.74) is 6.86. The van der Waals surface area contributed by atoms with Gasteiger partial charge in [0.15, 0.2) is 5.67 Å². The fourth-order valence-electron chi connectivity index (χ4n) is 6.90. The largest absolute Gasteiger partial charge is 0.354 e. The second kappa shape index (κ2) is 12.3. The molecule has 2 atom stereocenters. The van der Waals surface area contributed by atoms with E-state index in [9.17, 15) is 14.0 Å². The van der Waals surface area contributed by atoms with Gasteiger partial charge >= 0.3 is 0 Å². The van der Waals surface area contributed by atoms with Crippen molar-refractivity contribution in [3.05, 3.63) is 83.3 Å². The molecule has 3 aliphatic rings. The molecule has 2 amide bonds. The van der Waals surface area contributed by atoms with Gasteiger partial charge in [-0.25, -0.2) is 9.37 Å². The number of fused-ring (bicyclic) bond motifs is 1. The number of carbonyl (C=O) groups is 2. The molecular weight excluding hydrogens is 581 g/mol. The fraction of sp³-hybridized carbons (Fsp3) is 0.389. The van der Waals surface area contributed by atoms with Crippen LogP contribution in [0.2, 0.25) is 0 Å². The van der Waals surface area contributed by atoms with Crippen LogP contribution in [0.3, 0.4) is 0 Å². The number of aryl methyl sites for hydroxylation is 3. The van der Waals surface area contributed by atoms with Crippen molar-refractivity contribution in [2.45, 2.75) is 63.6 Å². The highest BCUT2D eigenvalue weighted by Crippen LogP contribution is 2.42. The number of rotatable bonds is 8. The molecule has 1 aliphatic heterocycles. The number of halogens is 1. The molecule has 7 rings (SSSR count). The van der Waals surface area contributed by atoms with Crippen LogP contribution in [0.1, 0.15) is 54.1 Å². The predicted molar refractivity (Wildman–Crippen MR) is 178 cm³/mol. The first-order valence-electron chi connectivity index (χ1n) is 16.3. The van der Waals surface area contributed by atoms with Crippen LogP contribution in [0, 0.1) is 13.8 Å². The van der Waals surface area contributed by atoms with Crippen molar-refractivity contribution in [1.29, 1.82) is 0 Å². The summed E-state index contributed by atoms with van der Waals surface area (Å²) in [6.45, 7) is 7.59. The van der Waals surface area contributed by atoms with Crippen molar-refractivity contribution in [3.63, 3.8) is 0 Å². The average molecular weight is 622 g/mol. The molecule has 3 heterocycles. The molecule has 0 bridgehead atoms. The van der Waals surface area contributed by atoms with Gasteiger partial charge in [0.05, 0.1) is 5.69 Å². The Hall–Kier alpha value is -4.57. The Kier molecular flexibility index (Phi) is 8.06. The number of nitrogens with one attached hydrogen (secondary N) is 4. The summed E-state index contributed by atoms with van der Waals surface area (Å²) in [4.78, 5) is 34.0. The number of hydrogen-bond acceptors (Lipinski definition) is 6. The van der Waals surface area contributed by atoms with Crippen molar-refractivity contribution in [1.82, 2.24) is 25.8 Å². The Morgan fingerprint density at radius 1 is 1.00 bits per heavy atom. The number of benzene rings is 2. The highest BCUT2D eigenvalue weighted by atomic mass is 19.1. The first-order valence-corrected chi connectivity index (χ1v) is 16.3. The first-order chi connectivity index (χ1) is 22.3. The molecule has 10 heteroatoms. The first kappa shape index (κ1) is 30.1. The van der Waals surface area contributed by atoms with E-state index in [1.165, 1.54) is 0 Å². The van der Waals surface area contributed by atoms with E-state index in [2.05, 4.69) is 60.3 Å². The number of piperazine rings is 1. The Morgan fingerprint density at radius 2 is 1.74 bits per heavy atom. The minimum absolute atomic E-state index is 0.185. The van der Waals surface area contributed by atoms with E-state index < -0.39 is 17.6 Å².